The third-order valence-electron chi connectivity index (χ3n) is 4.88. The number of benzene rings is 1. The summed E-state index contributed by atoms with van der Waals surface area (Å²) >= 11 is 0. The molecular weight excluding hydrogens is 401 g/mol. The number of hydrogen-bond acceptors (Lipinski definition) is 5. The minimum absolute atomic E-state index is 0. The van der Waals surface area contributed by atoms with Crippen LogP contribution in [0.2, 0.25) is 0 Å². The Kier molecular flexibility index (Phi) is 15.8. The Balaban J connectivity index is 0.00000784. The van der Waals surface area contributed by atoms with Crippen LogP contribution in [0, 0.1) is 0 Å². The third-order valence-corrected chi connectivity index (χ3v) is 5.73. The second kappa shape index (κ2) is 16.1. The molecule has 160 valence electrons. The number of anilines is 1. The monoisotopic (exact) mass is 435 g/mol. The maximum absolute atomic E-state index is 11.4. The normalized spacial score (nSPS) is 12.2. The van der Waals surface area contributed by atoms with Gasteiger partial charge in [-0.25, -0.2) is 13.2 Å². The quantitative estimate of drug-likeness (QED) is 0.234. The molecule has 6 nitrogen and oxygen atoms in total. The number of hydrogen-bond donors (Lipinski definition) is 2. The van der Waals surface area contributed by atoms with Gasteiger partial charge in [-0.1, -0.05) is 77.6 Å². The molecule has 1 atom stereocenters. The summed E-state index contributed by atoms with van der Waals surface area (Å²) in [6.45, 7) is 2.22. The predicted octanol–water partition coefficient (Wildman–Crippen LogP) is 2.16. The van der Waals surface area contributed by atoms with Crippen molar-refractivity contribution in [2.75, 3.05) is 5.32 Å². The van der Waals surface area contributed by atoms with E-state index in [-0.39, 0.29) is 34.5 Å². The molecule has 0 aromatic heterocycles. The summed E-state index contributed by atoms with van der Waals surface area (Å²) in [5, 5.41) is 12.3. The predicted molar refractivity (Wildman–Crippen MR) is 111 cm³/mol. The number of nitrogens with one attached hydrogen (secondary N) is 1. The van der Waals surface area contributed by atoms with Gasteiger partial charge in [0.1, 0.15) is 16.2 Å². The molecule has 0 fully saturated rings. The largest absolute Gasteiger partial charge is 1.00 e. The van der Waals surface area contributed by atoms with Crippen molar-refractivity contribution in [3.63, 3.8) is 0 Å². The van der Waals surface area contributed by atoms with Crippen LogP contribution in [0.25, 0.3) is 0 Å². The van der Waals surface area contributed by atoms with Gasteiger partial charge in [-0.2, -0.15) is 0 Å². The molecule has 0 heterocycles. The van der Waals surface area contributed by atoms with Crippen LogP contribution in [0.5, 0.6) is 0 Å². The molecule has 0 unspecified atom stereocenters. The first kappa shape index (κ1) is 28.4. The van der Waals surface area contributed by atoms with E-state index in [1.807, 2.05) is 0 Å². The van der Waals surface area contributed by atoms with Gasteiger partial charge in [-0.15, -0.1) is 0 Å². The van der Waals surface area contributed by atoms with Crippen molar-refractivity contribution in [1.82, 2.24) is 0 Å². The van der Waals surface area contributed by atoms with Gasteiger partial charge in [0.25, 0.3) is 0 Å². The topological polar surface area (TPSA) is 107 Å². The average molecular weight is 436 g/mol. The number of carboxylic acids is 1. The molecule has 0 aliphatic heterocycles. The maximum Gasteiger partial charge on any atom is 1.00 e. The number of aliphatic carboxylic acids is 1. The first-order chi connectivity index (χ1) is 13.3. The number of carbonyl (C=O) groups is 1. The SMILES string of the molecule is CCCCCCCCCCCCC[C@H](Nc1ccc(S(=O)(=O)[O-])cc1)C(=O)O.[Na+]. The van der Waals surface area contributed by atoms with E-state index < -0.39 is 22.1 Å². The Morgan fingerprint density at radius 1 is 0.931 bits per heavy atom. The molecule has 2 N–H and O–H groups in total. The van der Waals surface area contributed by atoms with Crippen LogP contribution in [0.4, 0.5) is 5.69 Å². The smallest absolute Gasteiger partial charge is 0.744 e. The molecular formula is C21H34NNaO5S. The Hall–Kier alpha value is -0.600. The van der Waals surface area contributed by atoms with Crippen LogP contribution < -0.4 is 34.9 Å². The van der Waals surface area contributed by atoms with Crippen molar-refractivity contribution < 1.29 is 52.4 Å². The van der Waals surface area contributed by atoms with Crippen molar-refractivity contribution in [3.05, 3.63) is 24.3 Å². The standard InChI is InChI=1S/C21H35NO5S.Na/c1-2-3-4-5-6-7-8-9-10-11-12-13-20(21(23)24)22-18-14-16-19(17-15-18)28(25,26)27;/h14-17,20,22H,2-13H2,1H3,(H,23,24)(H,25,26,27);/q;+1/p-1/t20-;/m0./s1. The van der Waals surface area contributed by atoms with Crippen molar-refractivity contribution in [3.8, 4) is 0 Å². The van der Waals surface area contributed by atoms with Crippen LogP contribution in [-0.2, 0) is 14.9 Å². The van der Waals surface area contributed by atoms with Crippen LogP contribution in [-0.4, -0.2) is 30.1 Å². The summed E-state index contributed by atoms with van der Waals surface area (Å²) in [7, 11) is -4.49. The summed E-state index contributed by atoms with van der Waals surface area (Å²) < 4.78 is 32.8. The summed E-state index contributed by atoms with van der Waals surface area (Å²) in [4.78, 5) is 11.1. The molecule has 1 rings (SSSR count). The molecule has 0 amide bonds. The molecule has 0 bridgehead atoms. The first-order valence-electron chi connectivity index (χ1n) is 10.4. The Morgan fingerprint density at radius 3 is 1.79 bits per heavy atom. The van der Waals surface area contributed by atoms with Crippen molar-refractivity contribution in [2.24, 2.45) is 0 Å². The molecule has 0 aliphatic carbocycles. The second-order valence-corrected chi connectivity index (χ2v) is 8.72. The minimum Gasteiger partial charge on any atom is -0.744 e. The van der Waals surface area contributed by atoms with Gasteiger partial charge in [0.15, 0.2) is 0 Å². The fraction of sp³-hybridized carbons (Fsp3) is 0.667. The zero-order chi connectivity index (χ0) is 20.8. The third kappa shape index (κ3) is 13.3. The Labute approximate surface area is 197 Å². The van der Waals surface area contributed by atoms with E-state index in [1.165, 1.54) is 75.6 Å². The van der Waals surface area contributed by atoms with Crippen LogP contribution in [0.1, 0.15) is 84.0 Å². The summed E-state index contributed by atoms with van der Waals surface area (Å²) in [5.74, 6) is -0.937. The van der Waals surface area contributed by atoms with Gasteiger partial charge in [0.05, 0.1) is 4.90 Å². The van der Waals surface area contributed by atoms with E-state index in [4.69, 9.17) is 0 Å². The summed E-state index contributed by atoms with van der Waals surface area (Å²) in [6, 6.07) is 4.48. The first-order valence-corrected chi connectivity index (χ1v) is 11.8. The molecule has 0 aliphatic rings. The fourth-order valence-corrected chi connectivity index (χ4v) is 3.66. The van der Waals surface area contributed by atoms with E-state index in [0.29, 0.717) is 12.1 Å². The van der Waals surface area contributed by atoms with E-state index >= 15 is 0 Å². The van der Waals surface area contributed by atoms with E-state index in [2.05, 4.69) is 12.2 Å². The number of rotatable bonds is 16. The van der Waals surface area contributed by atoms with Gasteiger partial charge in [0.2, 0.25) is 0 Å². The minimum atomic E-state index is -4.49. The summed E-state index contributed by atoms with van der Waals surface area (Å²) in [5.41, 5.74) is 0.489. The Morgan fingerprint density at radius 2 is 1.38 bits per heavy atom. The van der Waals surface area contributed by atoms with Crippen LogP contribution >= 0.6 is 0 Å². The van der Waals surface area contributed by atoms with Gasteiger partial charge in [0, 0.05) is 5.69 Å². The average Bonchev–Trinajstić information content (AvgIpc) is 2.64. The van der Waals surface area contributed by atoms with Crippen molar-refractivity contribution in [2.45, 2.75) is 94.9 Å². The zero-order valence-electron chi connectivity index (χ0n) is 17.9. The van der Waals surface area contributed by atoms with Crippen LogP contribution in [0.15, 0.2) is 29.2 Å². The molecule has 0 radical (unpaired) electrons. The van der Waals surface area contributed by atoms with Crippen molar-refractivity contribution >= 4 is 21.8 Å². The number of unbranched alkanes of at least 4 members (excludes halogenated alkanes) is 10. The molecule has 29 heavy (non-hydrogen) atoms. The van der Waals surface area contributed by atoms with Gasteiger partial charge < -0.3 is 15.0 Å². The van der Waals surface area contributed by atoms with Gasteiger partial charge >= 0.3 is 35.5 Å². The molecule has 1 aromatic rings. The van der Waals surface area contributed by atoms with E-state index in [0.717, 1.165) is 19.3 Å². The fourth-order valence-electron chi connectivity index (χ4n) is 3.19. The van der Waals surface area contributed by atoms with E-state index in [1.54, 1.807) is 0 Å². The number of carboxylic acid groups (broad SMARTS) is 1. The van der Waals surface area contributed by atoms with Gasteiger partial charge in [-0.3, -0.25) is 0 Å². The van der Waals surface area contributed by atoms with E-state index in [9.17, 15) is 22.9 Å². The Bertz CT molecular complexity index is 664. The van der Waals surface area contributed by atoms with Crippen LogP contribution in [0.3, 0.4) is 0 Å². The maximum atomic E-state index is 11.4. The molecule has 1 aromatic carbocycles. The second-order valence-electron chi connectivity index (χ2n) is 7.34. The van der Waals surface area contributed by atoms with Crippen molar-refractivity contribution in [1.29, 1.82) is 0 Å². The van der Waals surface area contributed by atoms with Gasteiger partial charge in [-0.05, 0) is 30.7 Å². The molecule has 0 spiro atoms. The molecule has 0 saturated heterocycles. The molecule has 8 heteroatoms. The summed E-state index contributed by atoms with van der Waals surface area (Å²) in [6.07, 6.45) is 13.8. The zero-order valence-corrected chi connectivity index (χ0v) is 20.7. The molecule has 0 saturated carbocycles.